The number of benzene rings is 4. The molecule has 2 aromatic heterocycles. The first-order valence-electron chi connectivity index (χ1n) is 12.3. The number of rotatable bonds is 4. The standard InChI is InChI=1S/C33H20N2O2Se/c36-32-26-19-22-10-5-7-15-28(22)34-31(26)33(37)27(32)20-24-17-18-30(38-24)35(23-12-2-1-3-13-23)29-16-8-11-21-9-4-6-14-25(21)29/h1-20H/b27-20+. The van der Waals surface area contributed by atoms with E-state index in [-0.39, 0.29) is 37.3 Å². The molecule has 0 unspecified atom stereocenters. The summed E-state index contributed by atoms with van der Waals surface area (Å²) in [5.74, 6) is -0.544. The fourth-order valence-electron chi connectivity index (χ4n) is 5.02. The molecule has 1 aliphatic rings. The van der Waals surface area contributed by atoms with Gasteiger partial charge in [0.05, 0.1) is 0 Å². The summed E-state index contributed by atoms with van der Waals surface area (Å²) in [4.78, 5) is 33.3. The van der Waals surface area contributed by atoms with E-state index in [0.717, 1.165) is 36.7 Å². The van der Waals surface area contributed by atoms with Crippen LogP contribution in [0.2, 0.25) is 0 Å². The first kappa shape index (κ1) is 22.6. The van der Waals surface area contributed by atoms with Gasteiger partial charge in [-0.05, 0) is 0 Å². The van der Waals surface area contributed by atoms with Gasteiger partial charge >= 0.3 is 226 Å². The number of carbonyl (C=O) groups is 2. The second-order valence-electron chi connectivity index (χ2n) is 9.14. The molecule has 7 rings (SSSR count). The summed E-state index contributed by atoms with van der Waals surface area (Å²) in [6, 6.07) is 38.5. The van der Waals surface area contributed by atoms with Gasteiger partial charge in [0.15, 0.2) is 0 Å². The van der Waals surface area contributed by atoms with Crippen molar-refractivity contribution < 1.29 is 9.59 Å². The van der Waals surface area contributed by atoms with Crippen LogP contribution in [0.5, 0.6) is 0 Å². The number of nitrogens with zero attached hydrogens (tertiary/aromatic N) is 2. The van der Waals surface area contributed by atoms with Crippen molar-refractivity contribution >= 4 is 69.8 Å². The Hall–Kier alpha value is -4.57. The minimum absolute atomic E-state index is 0.118. The number of anilines is 3. The number of hydrogen-bond acceptors (Lipinski definition) is 4. The summed E-state index contributed by atoms with van der Waals surface area (Å²) in [6.07, 6.45) is 1.77. The summed E-state index contributed by atoms with van der Waals surface area (Å²) in [7, 11) is 0. The van der Waals surface area contributed by atoms with Gasteiger partial charge in [-0.1, -0.05) is 0 Å². The van der Waals surface area contributed by atoms with Crippen LogP contribution in [0.25, 0.3) is 27.8 Å². The minimum atomic E-state index is -0.296. The van der Waals surface area contributed by atoms with Crippen molar-refractivity contribution in [2.75, 3.05) is 4.90 Å². The Morgan fingerprint density at radius 2 is 1.42 bits per heavy atom. The van der Waals surface area contributed by atoms with Crippen molar-refractivity contribution in [2.45, 2.75) is 0 Å². The van der Waals surface area contributed by atoms with E-state index in [2.05, 4.69) is 70.5 Å². The molecule has 0 N–H and O–H groups in total. The molecular formula is C33H20N2O2Se. The maximum atomic E-state index is 13.3. The second kappa shape index (κ2) is 9.07. The first-order valence-corrected chi connectivity index (χ1v) is 14.0. The topological polar surface area (TPSA) is 50.3 Å². The van der Waals surface area contributed by atoms with Crippen LogP contribution in [0.1, 0.15) is 25.3 Å². The number of hydrogen-bond donors (Lipinski definition) is 0. The Balaban J connectivity index is 1.32. The molecule has 0 saturated heterocycles. The molecular weight excluding hydrogens is 535 g/mol. The summed E-state index contributed by atoms with van der Waals surface area (Å²) >= 11 is -0.118. The van der Waals surface area contributed by atoms with Crippen LogP contribution in [-0.2, 0) is 0 Å². The Labute approximate surface area is 225 Å². The molecule has 0 bridgehead atoms. The third-order valence-electron chi connectivity index (χ3n) is 6.81. The van der Waals surface area contributed by atoms with Crippen molar-refractivity contribution in [2.24, 2.45) is 0 Å². The number of para-hydroxylation sites is 2. The fourth-order valence-corrected chi connectivity index (χ4v) is 7.08. The molecule has 0 fully saturated rings. The van der Waals surface area contributed by atoms with E-state index in [9.17, 15) is 9.59 Å². The van der Waals surface area contributed by atoms with Crippen LogP contribution >= 0.6 is 0 Å². The summed E-state index contributed by atoms with van der Waals surface area (Å²) in [6.45, 7) is 0. The molecule has 0 saturated carbocycles. The number of allylic oxidation sites excluding steroid dienone is 1. The van der Waals surface area contributed by atoms with Crippen LogP contribution in [0, 0.1) is 0 Å². The Morgan fingerprint density at radius 3 is 2.29 bits per heavy atom. The molecule has 2 heterocycles. The second-order valence-corrected chi connectivity index (χ2v) is 11.4. The van der Waals surface area contributed by atoms with E-state index in [4.69, 9.17) is 0 Å². The normalized spacial score (nSPS) is 13.9. The van der Waals surface area contributed by atoms with Crippen molar-refractivity contribution in [1.29, 1.82) is 0 Å². The Morgan fingerprint density at radius 1 is 0.684 bits per heavy atom. The van der Waals surface area contributed by atoms with Gasteiger partial charge < -0.3 is 0 Å². The fraction of sp³-hybridized carbons (Fsp3) is 0. The summed E-state index contributed by atoms with van der Waals surface area (Å²) < 4.78 is 2.11. The van der Waals surface area contributed by atoms with Crippen LogP contribution in [-0.4, -0.2) is 31.1 Å². The van der Waals surface area contributed by atoms with Crippen molar-refractivity contribution in [3.63, 3.8) is 0 Å². The molecule has 0 atom stereocenters. The zero-order valence-corrected chi connectivity index (χ0v) is 21.9. The van der Waals surface area contributed by atoms with E-state index in [1.54, 1.807) is 12.1 Å². The molecule has 180 valence electrons. The van der Waals surface area contributed by atoms with Crippen molar-refractivity contribution in [1.82, 2.24) is 4.98 Å². The van der Waals surface area contributed by atoms with E-state index in [1.165, 1.54) is 5.39 Å². The van der Waals surface area contributed by atoms with Crippen LogP contribution in [0.4, 0.5) is 15.9 Å². The molecule has 0 aliphatic heterocycles. The Bertz CT molecular complexity index is 1860. The molecule has 38 heavy (non-hydrogen) atoms. The first-order chi connectivity index (χ1) is 18.7. The number of aromatic nitrogens is 1. The van der Waals surface area contributed by atoms with Gasteiger partial charge in [-0.2, -0.15) is 0 Å². The third-order valence-corrected chi connectivity index (χ3v) is 8.95. The van der Waals surface area contributed by atoms with Crippen molar-refractivity contribution in [3.05, 3.63) is 137 Å². The van der Waals surface area contributed by atoms with E-state index in [0.29, 0.717) is 5.56 Å². The monoisotopic (exact) mass is 556 g/mol. The number of pyridine rings is 1. The van der Waals surface area contributed by atoms with Gasteiger partial charge in [0, 0.05) is 0 Å². The molecule has 0 radical (unpaired) electrons. The SMILES string of the molecule is O=C1/C(=C\c2ccc(N(c3ccccc3)c3cccc4ccccc34)[se]2)C(=O)c2nc3ccccc3cc21. The van der Waals surface area contributed by atoms with E-state index >= 15 is 0 Å². The molecule has 6 aromatic rings. The number of carbonyl (C=O) groups excluding carboxylic acids is 2. The van der Waals surface area contributed by atoms with Crippen LogP contribution in [0.15, 0.2) is 121 Å². The van der Waals surface area contributed by atoms with Gasteiger partial charge in [0.1, 0.15) is 0 Å². The molecule has 4 nitrogen and oxygen atoms in total. The molecule has 0 spiro atoms. The van der Waals surface area contributed by atoms with Gasteiger partial charge in [-0.3, -0.25) is 0 Å². The van der Waals surface area contributed by atoms with Crippen LogP contribution in [0.3, 0.4) is 0 Å². The average molecular weight is 555 g/mol. The average Bonchev–Trinajstić information content (AvgIpc) is 3.51. The van der Waals surface area contributed by atoms with Crippen molar-refractivity contribution in [3.8, 4) is 0 Å². The van der Waals surface area contributed by atoms with Gasteiger partial charge in [0.2, 0.25) is 0 Å². The quantitative estimate of drug-likeness (QED) is 0.129. The molecule has 1 aliphatic carbocycles. The zero-order valence-electron chi connectivity index (χ0n) is 20.2. The number of fused-ring (bicyclic) bond motifs is 3. The van der Waals surface area contributed by atoms with Crippen LogP contribution < -0.4 is 4.90 Å². The van der Waals surface area contributed by atoms with Gasteiger partial charge in [-0.25, -0.2) is 0 Å². The predicted octanol–water partition coefficient (Wildman–Crippen LogP) is 7.38. The molecule has 5 heteroatoms. The van der Waals surface area contributed by atoms with Gasteiger partial charge in [0.25, 0.3) is 0 Å². The van der Waals surface area contributed by atoms with Gasteiger partial charge in [-0.15, -0.1) is 0 Å². The summed E-state index contributed by atoms with van der Waals surface area (Å²) in [5.41, 5.74) is 3.72. The predicted molar refractivity (Wildman–Crippen MR) is 154 cm³/mol. The number of Topliss-reactive ketones (excluding diaryl/α,β-unsaturated/α-hetero) is 2. The van der Waals surface area contributed by atoms with E-state index < -0.39 is 0 Å². The van der Waals surface area contributed by atoms with E-state index in [1.807, 2.05) is 48.5 Å². The molecule has 0 amide bonds. The number of ketones is 2. The molecule has 4 aromatic carbocycles. The zero-order chi connectivity index (χ0) is 25.6. The summed E-state index contributed by atoms with van der Waals surface area (Å²) in [5, 5.41) is 3.19. The Kier molecular flexibility index (Phi) is 5.40. The third kappa shape index (κ3) is 3.72. The maximum absolute atomic E-state index is 13.3.